The zero-order valence-electron chi connectivity index (χ0n) is 33.6. The van der Waals surface area contributed by atoms with Gasteiger partial charge in [-0.15, -0.1) is 0 Å². The van der Waals surface area contributed by atoms with Crippen LogP contribution in [0.5, 0.6) is 0 Å². The van der Waals surface area contributed by atoms with Crippen molar-refractivity contribution >= 4 is 49.4 Å². The Bertz CT molecular complexity index is 3280. The predicted octanol–water partition coefficient (Wildman–Crippen LogP) is 17.0. The summed E-state index contributed by atoms with van der Waals surface area (Å²) in [5, 5.41) is 7.64. The molecule has 0 unspecified atom stereocenters. The minimum Gasteiger partial charge on any atom is -0.310 e. The van der Waals surface area contributed by atoms with Crippen molar-refractivity contribution in [2.75, 3.05) is 4.90 Å². The zero-order chi connectivity index (χ0) is 40.5. The number of fused-ring (bicyclic) bond motifs is 5. The standard InChI is InChI=1S/C60H41N/c1-3-12-42(13-4-1)44-22-24-46(25-23-44)47-30-35-53(36-31-47)61(55-19-11-18-51(40-55)48-28-26-45(27-29-48)43-14-5-2-6-15-43)54-37-32-50(33-38-54)59-41-52-17-8-10-21-57(52)60-56-20-9-7-16-49(56)34-39-58(59)60/h1-41H. The molecule has 286 valence electrons. The van der Waals surface area contributed by atoms with Gasteiger partial charge in [0.2, 0.25) is 0 Å². The van der Waals surface area contributed by atoms with E-state index in [0.29, 0.717) is 0 Å². The van der Waals surface area contributed by atoms with Gasteiger partial charge in [-0.2, -0.15) is 0 Å². The van der Waals surface area contributed by atoms with Crippen LogP contribution in [0, 0.1) is 0 Å². The van der Waals surface area contributed by atoms with E-state index in [0.717, 1.165) is 17.1 Å². The maximum absolute atomic E-state index is 2.37. The fraction of sp³-hybridized carbons (Fsp3) is 0. The van der Waals surface area contributed by atoms with E-state index in [-0.39, 0.29) is 0 Å². The summed E-state index contributed by atoms with van der Waals surface area (Å²) in [6, 6.07) is 90.3. The van der Waals surface area contributed by atoms with Gasteiger partial charge in [-0.3, -0.25) is 0 Å². The number of rotatable bonds is 8. The van der Waals surface area contributed by atoms with Crippen molar-refractivity contribution in [3.63, 3.8) is 0 Å². The Morgan fingerprint density at radius 1 is 0.213 bits per heavy atom. The van der Waals surface area contributed by atoms with Gasteiger partial charge in [0, 0.05) is 17.1 Å². The van der Waals surface area contributed by atoms with E-state index in [4.69, 9.17) is 0 Å². The minimum absolute atomic E-state index is 1.09. The lowest BCUT2D eigenvalue weighted by Gasteiger charge is -2.26. The monoisotopic (exact) mass is 775 g/mol. The molecule has 0 aromatic heterocycles. The Kier molecular flexibility index (Phi) is 9.26. The molecule has 0 atom stereocenters. The lowest BCUT2D eigenvalue weighted by molar-refractivity contribution is 1.28. The van der Waals surface area contributed by atoms with E-state index in [9.17, 15) is 0 Å². The molecule has 0 spiro atoms. The highest BCUT2D eigenvalue weighted by Crippen LogP contribution is 2.42. The van der Waals surface area contributed by atoms with Crippen LogP contribution in [0.4, 0.5) is 17.1 Å². The Morgan fingerprint density at radius 2 is 0.623 bits per heavy atom. The second kappa shape index (κ2) is 15.6. The molecule has 0 bridgehead atoms. The van der Waals surface area contributed by atoms with Gasteiger partial charge < -0.3 is 4.90 Å². The molecule has 11 aromatic carbocycles. The van der Waals surface area contributed by atoms with Crippen molar-refractivity contribution < 1.29 is 0 Å². The minimum atomic E-state index is 1.09. The predicted molar refractivity (Wildman–Crippen MR) is 261 cm³/mol. The molecule has 1 heteroatoms. The molecule has 0 saturated heterocycles. The first-order chi connectivity index (χ1) is 30.2. The average molecular weight is 776 g/mol. The highest BCUT2D eigenvalue weighted by molar-refractivity contribution is 6.24. The Hall–Kier alpha value is -8.00. The third kappa shape index (κ3) is 6.93. The summed E-state index contributed by atoms with van der Waals surface area (Å²) in [5.41, 5.74) is 15.3. The topological polar surface area (TPSA) is 3.24 Å². The van der Waals surface area contributed by atoms with E-state index < -0.39 is 0 Å². The highest BCUT2D eigenvalue weighted by Gasteiger charge is 2.17. The van der Waals surface area contributed by atoms with Crippen molar-refractivity contribution in [1.29, 1.82) is 0 Å². The van der Waals surface area contributed by atoms with Gasteiger partial charge in [0.25, 0.3) is 0 Å². The molecule has 0 aliphatic heterocycles. The molecule has 11 aromatic rings. The van der Waals surface area contributed by atoms with Crippen LogP contribution < -0.4 is 4.90 Å². The molecule has 61 heavy (non-hydrogen) atoms. The Balaban J connectivity index is 0.990. The summed E-state index contributed by atoms with van der Waals surface area (Å²) in [4.78, 5) is 2.37. The first-order valence-corrected chi connectivity index (χ1v) is 21.0. The maximum atomic E-state index is 2.37. The van der Waals surface area contributed by atoms with Crippen LogP contribution in [0.25, 0.3) is 88.0 Å². The summed E-state index contributed by atoms with van der Waals surface area (Å²) in [5.74, 6) is 0. The third-order valence-corrected chi connectivity index (χ3v) is 12.1. The second-order valence-electron chi connectivity index (χ2n) is 15.7. The maximum Gasteiger partial charge on any atom is 0.0467 e. The summed E-state index contributed by atoms with van der Waals surface area (Å²) < 4.78 is 0. The van der Waals surface area contributed by atoms with Gasteiger partial charge >= 0.3 is 0 Å². The fourth-order valence-corrected chi connectivity index (χ4v) is 8.95. The smallest absolute Gasteiger partial charge is 0.0467 e. The molecule has 0 amide bonds. The van der Waals surface area contributed by atoms with E-state index in [1.807, 2.05) is 0 Å². The lowest BCUT2D eigenvalue weighted by Crippen LogP contribution is -2.10. The number of hydrogen-bond donors (Lipinski definition) is 0. The van der Waals surface area contributed by atoms with E-state index in [1.165, 1.54) is 88.0 Å². The first-order valence-electron chi connectivity index (χ1n) is 21.0. The molecule has 0 saturated carbocycles. The molecule has 0 N–H and O–H groups in total. The molecule has 0 radical (unpaired) electrons. The van der Waals surface area contributed by atoms with Crippen LogP contribution in [0.1, 0.15) is 0 Å². The van der Waals surface area contributed by atoms with Gasteiger partial charge in [0.1, 0.15) is 0 Å². The first kappa shape index (κ1) is 36.1. The quantitative estimate of drug-likeness (QED) is 0.139. The highest BCUT2D eigenvalue weighted by atomic mass is 15.1. The van der Waals surface area contributed by atoms with Crippen LogP contribution in [0.15, 0.2) is 249 Å². The van der Waals surface area contributed by atoms with Gasteiger partial charge in [0.05, 0.1) is 0 Å². The van der Waals surface area contributed by atoms with Gasteiger partial charge in [0.15, 0.2) is 0 Å². The normalized spacial score (nSPS) is 11.3. The summed E-state index contributed by atoms with van der Waals surface area (Å²) in [6.07, 6.45) is 0. The van der Waals surface area contributed by atoms with Gasteiger partial charge in [-0.1, -0.05) is 206 Å². The van der Waals surface area contributed by atoms with E-state index in [2.05, 4.69) is 254 Å². The summed E-state index contributed by atoms with van der Waals surface area (Å²) in [7, 11) is 0. The van der Waals surface area contributed by atoms with Crippen LogP contribution in [-0.2, 0) is 0 Å². The molecule has 1 nitrogen and oxygen atoms in total. The summed E-state index contributed by atoms with van der Waals surface area (Å²) in [6.45, 7) is 0. The van der Waals surface area contributed by atoms with Crippen LogP contribution in [0.2, 0.25) is 0 Å². The van der Waals surface area contributed by atoms with Crippen molar-refractivity contribution in [3.05, 3.63) is 249 Å². The van der Waals surface area contributed by atoms with Crippen molar-refractivity contribution in [2.24, 2.45) is 0 Å². The SMILES string of the molecule is c1ccc(-c2ccc(-c3ccc(N(c4ccc(-c5cc6ccccc6c6c5ccc5ccccc56)cc4)c4cccc(-c5ccc(-c6ccccc6)cc5)c4)cc3)cc2)cc1. The van der Waals surface area contributed by atoms with Crippen molar-refractivity contribution in [2.45, 2.75) is 0 Å². The molecular weight excluding hydrogens is 735 g/mol. The van der Waals surface area contributed by atoms with E-state index in [1.54, 1.807) is 0 Å². The molecule has 0 aliphatic carbocycles. The van der Waals surface area contributed by atoms with E-state index >= 15 is 0 Å². The molecular formula is C60H41N. The largest absolute Gasteiger partial charge is 0.310 e. The van der Waals surface area contributed by atoms with Crippen LogP contribution >= 0.6 is 0 Å². The average Bonchev–Trinajstić information content (AvgIpc) is 3.35. The number of benzene rings is 11. The Morgan fingerprint density at radius 3 is 1.18 bits per heavy atom. The summed E-state index contributed by atoms with van der Waals surface area (Å²) >= 11 is 0. The zero-order valence-corrected chi connectivity index (χ0v) is 33.6. The van der Waals surface area contributed by atoms with Crippen molar-refractivity contribution in [1.82, 2.24) is 0 Å². The number of anilines is 3. The number of hydrogen-bond acceptors (Lipinski definition) is 1. The van der Waals surface area contributed by atoms with Crippen LogP contribution in [0.3, 0.4) is 0 Å². The molecule has 0 heterocycles. The third-order valence-electron chi connectivity index (χ3n) is 12.1. The molecule has 11 rings (SSSR count). The molecule has 0 aliphatic rings. The fourth-order valence-electron chi connectivity index (χ4n) is 8.95. The van der Waals surface area contributed by atoms with Gasteiger partial charge in [-0.05, 0) is 130 Å². The second-order valence-corrected chi connectivity index (χ2v) is 15.7. The lowest BCUT2D eigenvalue weighted by atomic mass is 9.90. The van der Waals surface area contributed by atoms with Crippen molar-refractivity contribution in [3.8, 4) is 55.6 Å². The number of nitrogens with zero attached hydrogens (tertiary/aromatic N) is 1. The molecule has 0 fully saturated rings. The van der Waals surface area contributed by atoms with Crippen LogP contribution in [-0.4, -0.2) is 0 Å². The van der Waals surface area contributed by atoms with Gasteiger partial charge in [-0.25, -0.2) is 0 Å². The Labute approximate surface area is 357 Å².